The highest BCUT2D eigenvalue weighted by Gasteiger charge is 2.34. The fourth-order valence-electron chi connectivity index (χ4n) is 3.55. The van der Waals surface area contributed by atoms with Crippen LogP contribution in [0.3, 0.4) is 0 Å². The third-order valence-corrected chi connectivity index (χ3v) is 5.32. The summed E-state index contributed by atoms with van der Waals surface area (Å²) in [6, 6.07) is 13.6. The van der Waals surface area contributed by atoms with Gasteiger partial charge in [0.2, 0.25) is 5.91 Å². The van der Waals surface area contributed by atoms with Crippen LogP contribution in [0.25, 0.3) is 0 Å². The number of ether oxygens (including phenoxy) is 1. The highest BCUT2D eigenvalue weighted by atomic mass is 19.1. The van der Waals surface area contributed by atoms with E-state index in [9.17, 15) is 14.3 Å². The summed E-state index contributed by atoms with van der Waals surface area (Å²) in [7, 11) is 1.62. The van der Waals surface area contributed by atoms with Crippen LogP contribution >= 0.6 is 0 Å². The summed E-state index contributed by atoms with van der Waals surface area (Å²) in [5.74, 6) is 0.372. The normalized spacial score (nSPS) is 16.5. The number of piperidine rings is 1. The summed E-state index contributed by atoms with van der Waals surface area (Å²) < 4.78 is 18.2. The van der Waals surface area contributed by atoms with Gasteiger partial charge in [-0.15, -0.1) is 0 Å². The third-order valence-electron chi connectivity index (χ3n) is 5.32. The predicted octanol–water partition coefficient (Wildman–Crippen LogP) is 2.48. The zero-order valence-corrected chi connectivity index (χ0v) is 16.2. The molecule has 0 bridgehead atoms. The molecule has 0 aliphatic carbocycles. The number of amides is 1. The van der Waals surface area contributed by atoms with Crippen LogP contribution in [0.2, 0.25) is 0 Å². The molecule has 1 aliphatic rings. The van der Waals surface area contributed by atoms with Crippen LogP contribution in [0, 0.1) is 5.82 Å². The Morgan fingerprint density at radius 2 is 1.93 bits per heavy atom. The number of carbonyl (C=O) groups excluding carboxylic acids is 1. The number of halogens is 1. The summed E-state index contributed by atoms with van der Waals surface area (Å²) >= 11 is 0. The van der Waals surface area contributed by atoms with Gasteiger partial charge in [-0.05, 0) is 48.2 Å². The number of aliphatic hydroxyl groups is 1. The minimum atomic E-state index is -0.836. The van der Waals surface area contributed by atoms with Crippen molar-refractivity contribution in [3.63, 3.8) is 0 Å². The van der Waals surface area contributed by atoms with Gasteiger partial charge in [0.05, 0.1) is 19.1 Å². The Morgan fingerprint density at radius 1 is 1.21 bits per heavy atom. The molecule has 2 aromatic rings. The summed E-state index contributed by atoms with van der Waals surface area (Å²) in [6.45, 7) is 2.82. The van der Waals surface area contributed by atoms with Crippen LogP contribution < -0.4 is 10.1 Å². The van der Waals surface area contributed by atoms with E-state index < -0.39 is 5.60 Å². The van der Waals surface area contributed by atoms with Crippen molar-refractivity contribution < 1.29 is 19.0 Å². The Balaban J connectivity index is 1.41. The van der Waals surface area contributed by atoms with Gasteiger partial charge in [-0.25, -0.2) is 4.39 Å². The third kappa shape index (κ3) is 5.30. The Kier molecular flexibility index (Phi) is 6.65. The second-order valence-corrected chi connectivity index (χ2v) is 7.26. The van der Waals surface area contributed by atoms with Crippen LogP contribution in [0.15, 0.2) is 48.5 Å². The Labute approximate surface area is 165 Å². The van der Waals surface area contributed by atoms with Gasteiger partial charge in [0.15, 0.2) is 0 Å². The molecule has 5 nitrogen and oxygen atoms in total. The minimum absolute atomic E-state index is 0.0727. The predicted molar refractivity (Wildman–Crippen MR) is 106 cm³/mol. The van der Waals surface area contributed by atoms with Crippen LogP contribution in [0.1, 0.15) is 24.0 Å². The molecule has 28 heavy (non-hydrogen) atoms. The topological polar surface area (TPSA) is 61.8 Å². The Bertz CT molecular complexity index is 787. The molecular formula is C22H27FN2O3. The lowest BCUT2D eigenvalue weighted by molar-refractivity contribution is -0.120. The van der Waals surface area contributed by atoms with Gasteiger partial charge in [-0.1, -0.05) is 24.3 Å². The van der Waals surface area contributed by atoms with Crippen molar-refractivity contribution in [2.75, 3.05) is 33.3 Å². The molecule has 1 amide bonds. The van der Waals surface area contributed by atoms with Crippen LogP contribution in [0.4, 0.5) is 4.39 Å². The average molecular weight is 386 g/mol. The maximum absolute atomic E-state index is 12.9. The van der Waals surface area contributed by atoms with Gasteiger partial charge in [-0.2, -0.15) is 0 Å². The molecule has 2 N–H and O–H groups in total. The molecule has 150 valence electrons. The smallest absolute Gasteiger partial charge is 0.224 e. The number of rotatable bonds is 7. The lowest BCUT2D eigenvalue weighted by Gasteiger charge is -2.38. The van der Waals surface area contributed by atoms with Gasteiger partial charge in [-0.3, -0.25) is 4.79 Å². The van der Waals surface area contributed by atoms with E-state index in [0.29, 0.717) is 19.4 Å². The molecule has 1 saturated heterocycles. The van der Waals surface area contributed by atoms with Crippen LogP contribution in [0.5, 0.6) is 5.75 Å². The van der Waals surface area contributed by atoms with Crippen molar-refractivity contribution in [2.45, 2.75) is 24.9 Å². The van der Waals surface area contributed by atoms with Crippen molar-refractivity contribution >= 4 is 5.91 Å². The zero-order chi connectivity index (χ0) is 20.0. The first-order valence-corrected chi connectivity index (χ1v) is 9.59. The van der Waals surface area contributed by atoms with Gasteiger partial charge >= 0.3 is 0 Å². The maximum atomic E-state index is 12.9. The SMILES string of the molecule is COc1cccc(C2(O)CCN(CCNC(=O)Cc3ccc(F)cc3)CC2)c1. The summed E-state index contributed by atoms with van der Waals surface area (Å²) in [5.41, 5.74) is 0.843. The van der Waals surface area contributed by atoms with E-state index in [2.05, 4.69) is 10.2 Å². The van der Waals surface area contributed by atoms with Crippen LogP contribution in [-0.2, 0) is 16.8 Å². The number of methoxy groups -OCH3 is 1. The van der Waals surface area contributed by atoms with Gasteiger partial charge in [0.1, 0.15) is 11.6 Å². The van der Waals surface area contributed by atoms with E-state index in [4.69, 9.17) is 4.74 Å². The number of benzene rings is 2. The molecule has 3 rings (SSSR count). The summed E-state index contributed by atoms with van der Waals surface area (Å²) in [6.07, 6.45) is 1.53. The minimum Gasteiger partial charge on any atom is -0.497 e. The molecule has 6 heteroatoms. The van der Waals surface area contributed by atoms with Crippen molar-refractivity contribution in [3.8, 4) is 5.75 Å². The van der Waals surface area contributed by atoms with E-state index >= 15 is 0 Å². The molecule has 1 fully saturated rings. The van der Waals surface area contributed by atoms with Gasteiger partial charge in [0.25, 0.3) is 0 Å². The summed E-state index contributed by atoms with van der Waals surface area (Å²) in [5, 5.41) is 13.9. The number of hydrogen-bond acceptors (Lipinski definition) is 4. The number of nitrogens with one attached hydrogen (secondary N) is 1. The standard InChI is InChI=1S/C22H27FN2O3/c1-28-20-4-2-3-18(16-20)22(27)9-12-25(13-10-22)14-11-24-21(26)15-17-5-7-19(23)8-6-17/h2-8,16,27H,9-15H2,1H3,(H,24,26). The van der Waals surface area contributed by atoms with Crippen molar-refractivity contribution in [2.24, 2.45) is 0 Å². The second kappa shape index (κ2) is 9.17. The Hall–Kier alpha value is -2.44. The molecule has 2 aromatic carbocycles. The van der Waals surface area contributed by atoms with E-state index in [1.165, 1.54) is 12.1 Å². The Morgan fingerprint density at radius 3 is 2.61 bits per heavy atom. The highest BCUT2D eigenvalue weighted by Crippen LogP contribution is 2.34. The lowest BCUT2D eigenvalue weighted by atomic mass is 9.84. The van der Waals surface area contributed by atoms with Crippen LogP contribution in [-0.4, -0.2) is 49.2 Å². The monoisotopic (exact) mass is 386 g/mol. The average Bonchev–Trinajstić information content (AvgIpc) is 2.71. The van der Waals surface area contributed by atoms with Gasteiger partial charge in [0, 0.05) is 26.2 Å². The largest absolute Gasteiger partial charge is 0.497 e. The number of nitrogens with zero attached hydrogens (tertiary/aromatic N) is 1. The first-order valence-electron chi connectivity index (χ1n) is 9.59. The van der Waals surface area contributed by atoms with E-state index in [0.717, 1.165) is 36.5 Å². The molecule has 0 radical (unpaired) electrons. The number of carbonyl (C=O) groups is 1. The molecule has 0 aromatic heterocycles. The first-order chi connectivity index (χ1) is 13.5. The molecule has 0 spiro atoms. The maximum Gasteiger partial charge on any atom is 0.224 e. The molecule has 0 unspecified atom stereocenters. The molecule has 0 saturated carbocycles. The van der Waals surface area contributed by atoms with Gasteiger partial charge < -0.3 is 20.1 Å². The molecule has 1 heterocycles. The molecule has 1 aliphatic heterocycles. The quantitative estimate of drug-likeness (QED) is 0.768. The number of hydrogen-bond donors (Lipinski definition) is 2. The lowest BCUT2D eigenvalue weighted by Crippen LogP contribution is -2.45. The highest BCUT2D eigenvalue weighted by molar-refractivity contribution is 5.78. The van der Waals surface area contributed by atoms with Crippen molar-refractivity contribution in [1.29, 1.82) is 0 Å². The molecular weight excluding hydrogens is 359 g/mol. The van der Waals surface area contributed by atoms with Crippen molar-refractivity contribution in [3.05, 3.63) is 65.5 Å². The van der Waals surface area contributed by atoms with E-state index in [1.807, 2.05) is 24.3 Å². The number of likely N-dealkylation sites (tertiary alicyclic amines) is 1. The fraction of sp³-hybridized carbons (Fsp3) is 0.409. The van der Waals surface area contributed by atoms with E-state index in [1.54, 1.807) is 19.2 Å². The summed E-state index contributed by atoms with van der Waals surface area (Å²) in [4.78, 5) is 14.3. The van der Waals surface area contributed by atoms with Crippen molar-refractivity contribution in [1.82, 2.24) is 10.2 Å². The second-order valence-electron chi connectivity index (χ2n) is 7.26. The zero-order valence-electron chi connectivity index (χ0n) is 16.2. The fourth-order valence-corrected chi connectivity index (χ4v) is 3.55. The van der Waals surface area contributed by atoms with E-state index in [-0.39, 0.29) is 18.1 Å². The molecule has 0 atom stereocenters. The first kappa shape index (κ1) is 20.3.